The number of nitrogens with zero attached hydrogens (tertiary/aromatic N) is 5. The number of aromatic nitrogens is 5. The number of anilines is 2. The van der Waals surface area contributed by atoms with E-state index in [2.05, 4.69) is 25.0 Å². The van der Waals surface area contributed by atoms with Crippen molar-refractivity contribution in [1.29, 1.82) is 0 Å². The van der Waals surface area contributed by atoms with Crippen molar-refractivity contribution < 1.29 is 9.47 Å². The molecule has 0 aliphatic rings. The molecule has 0 unspecified atom stereocenters. The first-order chi connectivity index (χ1) is 14.2. The lowest BCUT2D eigenvalue weighted by atomic mass is 10.2. The zero-order valence-electron chi connectivity index (χ0n) is 16.3. The van der Waals surface area contributed by atoms with Crippen molar-refractivity contribution in [1.82, 2.24) is 24.4 Å². The maximum atomic E-state index is 5.49. The number of ether oxygens (including phenoxy) is 2. The molecule has 148 valence electrons. The molecule has 0 bridgehead atoms. The van der Waals surface area contributed by atoms with Crippen molar-refractivity contribution in [2.45, 2.75) is 13.8 Å². The van der Waals surface area contributed by atoms with Crippen molar-refractivity contribution >= 4 is 22.4 Å². The van der Waals surface area contributed by atoms with Gasteiger partial charge in [0.1, 0.15) is 11.5 Å². The van der Waals surface area contributed by atoms with E-state index >= 15 is 0 Å². The van der Waals surface area contributed by atoms with Crippen molar-refractivity contribution in [3.63, 3.8) is 0 Å². The first-order valence-corrected chi connectivity index (χ1v) is 9.86. The van der Waals surface area contributed by atoms with Gasteiger partial charge in [0, 0.05) is 11.5 Å². The highest BCUT2D eigenvalue weighted by atomic mass is 32.1. The van der Waals surface area contributed by atoms with Crippen LogP contribution in [0.2, 0.25) is 0 Å². The molecule has 0 spiro atoms. The number of para-hydroxylation sites is 2. The lowest BCUT2D eigenvalue weighted by Crippen LogP contribution is -1.99. The lowest BCUT2D eigenvalue weighted by molar-refractivity contribution is 0.340. The summed E-state index contributed by atoms with van der Waals surface area (Å²) in [5.74, 6) is 2.09. The van der Waals surface area contributed by atoms with E-state index in [1.807, 2.05) is 62.4 Å². The van der Waals surface area contributed by atoms with Crippen LogP contribution in [0.3, 0.4) is 0 Å². The summed E-state index contributed by atoms with van der Waals surface area (Å²) < 4.78 is 17.1. The highest BCUT2D eigenvalue weighted by molar-refractivity contribution is 7.09. The van der Waals surface area contributed by atoms with Crippen LogP contribution in [0, 0.1) is 6.92 Å². The molecule has 4 rings (SSSR count). The SMILES string of the molecule is CCOc1ccc(-n2nnc(-c3nsc(Nc4ccccc4OC)n3)c2C)cc1. The summed E-state index contributed by atoms with van der Waals surface area (Å²) in [6.45, 7) is 4.53. The molecule has 4 aromatic rings. The Hall–Kier alpha value is -3.46. The normalized spacial score (nSPS) is 10.7. The minimum Gasteiger partial charge on any atom is -0.495 e. The fourth-order valence-electron chi connectivity index (χ4n) is 2.86. The third-order valence-corrected chi connectivity index (χ3v) is 4.90. The van der Waals surface area contributed by atoms with Crippen molar-refractivity contribution in [2.24, 2.45) is 0 Å². The highest BCUT2D eigenvalue weighted by Gasteiger charge is 2.17. The summed E-state index contributed by atoms with van der Waals surface area (Å²) in [4.78, 5) is 4.56. The molecule has 0 aliphatic heterocycles. The second-order valence-electron chi connectivity index (χ2n) is 6.11. The quantitative estimate of drug-likeness (QED) is 0.489. The van der Waals surface area contributed by atoms with Crippen LogP contribution in [0.25, 0.3) is 17.2 Å². The molecule has 0 atom stereocenters. The van der Waals surface area contributed by atoms with Crippen LogP contribution in [0.4, 0.5) is 10.8 Å². The summed E-state index contributed by atoms with van der Waals surface area (Å²) in [5, 5.41) is 12.4. The van der Waals surface area contributed by atoms with E-state index in [1.165, 1.54) is 11.5 Å². The Labute approximate surface area is 172 Å². The van der Waals surface area contributed by atoms with Gasteiger partial charge in [0.2, 0.25) is 5.13 Å². The average molecular weight is 408 g/mol. The van der Waals surface area contributed by atoms with Crippen molar-refractivity contribution in [3.05, 3.63) is 54.2 Å². The van der Waals surface area contributed by atoms with Gasteiger partial charge in [-0.25, -0.2) is 4.68 Å². The Morgan fingerprint density at radius 1 is 1.10 bits per heavy atom. The Morgan fingerprint density at radius 2 is 1.90 bits per heavy atom. The van der Waals surface area contributed by atoms with Gasteiger partial charge in [-0.05, 0) is 50.2 Å². The molecule has 29 heavy (non-hydrogen) atoms. The molecule has 0 radical (unpaired) electrons. The molecule has 8 nitrogen and oxygen atoms in total. The van der Waals surface area contributed by atoms with E-state index in [1.54, 1.807) is 11.8 Å². The third-order valence-electron chi connectivity index (χ3n) is 4.27. The van der Waals surface area contributed by atoms with Crippen molar-refractivity contribution in [3.8, 4) is 28.7 Å². The van der Waals surface area contributed by atoms with Crippen LogP contribution in [-0.2, 0) is 0 Å². The van der Waals surface area contributed by atoms with E-state index in [4.69, 9.17) is 9.47 Å². The molecule has 0 saturated heterocycles. The second kappa shape index (κ2) is 8.27. The summed E-state index contributed by atoms with van der Waals surface area (Å²) in [7, 11) is 1.63. The van der Waals surface area contributed by atoms with Gasteiger partial charge in [-0.3, -0.25) is 0 Å². The van der Waals surface area contributed by atoms with E-state index in [9.17, 15) is 0 Å². The molecule has 9 heteroatoms. The first-order valence-electron chi connectivity index (χ1n) is 9.09. The molecular formula is C20H20N6O2S. The Morgan fingerprint density at radius 3 is 2.66 bits per heavy atom. The predicted molar refractivity (Wildman–Crippen MR) is 112 cm³/mol. The molecule has 0 aliphatic carbocycles. The number of benzene rings is 2. The molecule has 2 aromatic heterocycles. The van der Waals surface area contributed by atoms with Crippen LogP contribution in [-0.4, -0.2) is 38.1 Å². The van der Waals surface area contributed by atoms with Crippen LogP contribution in [0.5, 0.6) is 11.5 Å². The third kappa shape index (κ3) is 3.90. The molecule has 0 saturated carbocycles. The molecule has 2 aromatic carbocycles. The fraction of sp³-hybridized carbons (Fsp3) is 0.200. The van der Waals surface area contributed by atoms with Gasteiger partial charge in [0.25, 0.3) is 0 Å². The van der Waals surface area contributed by atoms with E-state index in [-0.39, 0.29) is 0 Å². The average Bonchev–Trinajstić information content (AvgIpc) is 3.36. The van der Waals surface area contributed by atoms with Crippen LogP contribution >= 0.6 is 11.5 Å². The summed E-state index contributed by atoms with van der Waals surface area (Å²) in [5.41, 5.74) is 3.22. The van der Waals surface area contributed by atoms with E-state index in [0.29, 0.717) is 23.3 Å². The predicted octanol–water partition coefficient (Wildman–Crippen LogP) is 4.25. The molecular weight excluding hydrogens is 388 g/mol. The molecule has 1 N–H and O–H groups in total. The zero-order chi connectivity index (χ0) is 20.2. The topological polar surface area (TPSA) is 87.0 Å². The van der Waals surface area contributed by atoms with Gasteiger partial charge in [0.05, 0.1) is 30.8 Å². The van der Waals surface area contributed by atoms with Crippen LogP contribution in [0.15, 0.2) is 48.5 Å². The number of hydrogen-bond acceptors (Lipinski definition) is 8. The summed E-state index contributed by atoms with van der Waals surface area (Å²) >= 11 is 1.26. The maximum absolute atomic E-state index is 5.49. The summed E-state index contributed by atoms with van der Waals surface area (Å²) in [6.07, 6.45) is 0. The largest absolute Gasteiger partial charge is 0.495 e. The smallest absolute Gasteiger partial charge is 0.207 e. The van der Waals surface area contributed by atoms with Gasteiger partial charge >= 0.3 is 0 Å². The van der Waals surface area contributed by atoms with Gasteiger partial charge in [-0.2, -0.15) is 9.36 Å². The van der Waals surface area contributed by atoms with E-state index < -0.39 is 0 Å². The molecule has 2 heterocycles. The highest BCUT2D eigenvalue weighted by Crippen LogP contribution is 2.30. The van der Waals surface area contributed by atoms with Crippen LogP contribution < -0.4 is 14.8 Å². The van der Waals surface area contributed by atoms with Crippen molar-refractivity contribution in [2.75, 3.05) is 19.0 Å². The minimum absolute atomic E-state index is 0.530. The molecule has 0 amide bonds. The number of nitrogens with one attached hydrogen (secondary N) is 1. The monoisotopic (exact) mass is 408 g/mol. The van der Waals surface area contributed by atoms with Gasteiger partial charge in [-0.1, -0.05) is 17.3 Å². The number of methoxy groups -OCH3 is 1. The number of rotatable bonds is 7. The Balaban J connectivity index is 1.57. The standard InChI is InChI=1S/C20H20N6O2S/c1-4-28-15-11-9-14(10-12-15)26-13(2)18(23-25-26)19-22-20(29-24-19)21-16-7-5-6-8-17(16)27-3/h5-12H,4H2,1-3H3,(H,21,22,24). The maximum Gasteiger partial charge on any atom is 0.207 e. The fourth-order valence-corrected chi connectivity index (χ4v) is 3.45. The van der Waals surface area contributed by atoms with Gasteiger partial charge < -0.3 is 14.8 Å². The Bertz CT molecular complexity index is 1110. The molecule has 0 fully saturated rings. The van der Waals surface area contributed by atoms with Crippen LogP contribution in [0.1, 0.15) is 12.6 Å². The zero-order valence-corrected chi connectivity index (χ0v) is 17.1. The lowest BCUT2D eigenvalue weighted by Gasteiger charge is -2.07. The van der Waals surface area contributed by atoms with E-state index in [0.717, 1.165) is 28.6 Å². The van der Waals surface area contributed by atoms with Gasteiger partial charge in [-0.15, -0.1) is 5.10 Å². The Kier molecular flexibility index (Phi) is 5.39. The summed E-state index contributed by atoms with van der Waals surface area (Å²) in [6, 6.07) is 15.4. The first kappa shape index (κ1) is 18.9. The second-order valence-corrected chi connectivity index (χ2v) is 6.86. The van der Waals surface area contributed by atoms with Gasteiger partial charge in [0.15, 0.2) is 11.5 Å². The minimum atomic E-state index is 0.530. The number of hydrogen-bond donors (Lipinski definition) is 1.